The van der Waals surface area contributed by atoms with Crippen molar-refractivity contribution in [2.24, 2.45) is 0 Å². The monoisotopic (exact) mass is 602 g/mol. The van der Waals surface area contributed by atoms with Crippen LogP contribution in [0.2, 0.25) is 0 Å². The molecule has 6 aromatic carbocycles. The Morgan fingerprint density at radius 2 is 0.936 bits per heavy atom. The molecule has 0 atom stereocenters. The number of fused-ring (bicyclic) bond motifs is 3. The maximum atomic E-state index is 9.52. The molecule has 0 fully saturated rings. The molecule has 0 bridgehead atoms. The number of nitrogens with zero attached hydrogens (tertiary/aromatic N) is 4. The highest BCUT2D eigenvalue weighted by atomic mass is 15.0. The van der Waals surface area contributed by atoms with Gasteiger partial charge < -0.3 is 0 Å². The quantitative estimate of drug-likeness (QED) is 0.197. The van der Waals surface area contributed by atoms with Crippen LogP contribution in [0.1, 0.15) is 30.5 Å². The van der Waals surface area contributed by atoms with Crippen molar-refractivity contribution in [2.75, 3.05) is 0 Å². The van der Waals surface area contributed by atoms with Gasteiger partial charge in [0.05, 0.1) is 11.6 Å². The van der Waals surface area contributed by atoms with Crippen molar-refractivity contribution in [1.29, 1.82) is 5.26 Å². The highest BCUT2D eigenvalue weighted by Gasteiger charge is 2.35. The minimum atomic E-state index is -0.172. The highest BCUT2D eigenvalue weighted by molar-refractivity contribution is 5.85. The molecular weight excluding hydrogens is 573 g/mol. The second-order valence-electron chi connectivity index (χ2n) is 12.5. The summed E-state index contributed by atoms with van der Waals surface area (Å²) in [7, 11) is 0. The molecule has 0 N–H and O–H groups in total. The summed E-state index contributed by atoms with van der Waals surface area (Å²) in [6, 6.07) is 52.2. The van der Waals surface area contributed by atoms with Gasteiger partial charge in [0, 0.05) is 22.1 Å². The van der Waals surface area contributed by atoms with Gasteiger partial charge in [0.15, 0.2) is 17.5 Å². The Morgan fingerprint density at radius 1 is 0.426 bits per heavy atom. The summed E-state index contributed by atoms with van der Waals surface area (Å²) < 4.78 is 0. The molecule has 0 radical (unpaired) electrons. The van der Waals surface area contributed by atoms with E-state index in [1.54, 1.807) is 0 Å². The van der Waals surface area contributed by atoms with Crippen LogP contribution in [0.5, 0.6) is 0 Å². The maximum Gasteiger partial charge on any atom is 0.164 e. The van der Waals surface area contributed by atoms with E-state index in [2.05, 4.69) is 117 Å². The van der Waals surface area contributed by atoms with Gasteiger partial charge in [-0.2, -0.15) is 5.26 Å². The molecular formula is C43H30N4. The average Bonchev–Trinajstić information content (AvgIpc) is 3.37. The Balaban J connectivity index is 1.22. The summed E-state index contributed by atoms with van der Waals surface area (Å²) in [5.41, 5.74) is 12.6. The van der Waals surface area contributed by atoms with E-state index in [1.807, 2.05) is 48.5 Å². The third kappa shape index (κ3) is 5.09. The summed E-state index contributed by atoms with van der Waals surface area (Å²) >= 11 is 0. The molecule has 4 nitrogen and oxygen atoms in total. The van der Waals surface area contributed by atoms with Crippen molar-refractivity contribution in [1.82, 2.24) is 15.0 Å². The van der Waals surface area contributed by atoms with Crippen molar-refractivity contribution in [3.8, 4) is 73.6 Å². The number of hydrogen-bond donors (Lipinski definition) is 0. The minimum Gasteiger partial charge on any atom is -0.208 e. The highest BCUT2D eigenvalue weighted by Crippen LogP contribution is 2.50. The lowest BCUT2D eigenvalue weighted by Gasteiger charge is -2.22. The summed E-state index contributed by atoms with van der Waals surface area (Å²) in [6.45, 7) is 4.52. The molecule has 1 aliphatic rings. The lowest BCUT2D eigenvalue weighted by Crippen LogP contribution is -2.15. The van der Waals surface area contributed by atoms with Crippen molar-refractivity contribution < 1.29 is 0 Å². The zero-order valence-electron chi connectivity index (χ0n) is 26.1. The van der Waals surface area contributed by atoms with Crippen LogP contribution in [0.15, 0.2) is 146 Å². The third-order valence-electron chi connectivity index (χ3n) is 9.15. The molecule has 0 unspecified atom stereocenters. The summed E-state index contributed by atoms with van der Waals surface area (Å²) in [5, 5.41) is 9.52. The second kappa shape index (κ2) is 11.3. The van der Waals surface area contributed by atoms with Gasteiger partial charge in [-0.15, -0.1) is 0 Å². The second-order valence-corrected chi connectivity index (χ2v) is 12.5. The first-order valence-corrected chi connectivity index (χ1v) is 15.8. The van der Waals surface area contributed by atoms with Crippen molar-refractivity contribution in [3.63, 3.8) is 0 Å². The molecule has 1 aliphatic carbocycles. The number of benzene rings is 6. The first-order valence-electron chi connectivity index (χ1n) is 15.8. The van der Waals surface area contributed by atoms with Crippen molar-refractivity contribution in [3.05, 3.63) is 162 Å². The maximum absolute atomic E-state index is 9.52. The fourth-order valence-corrected chi connectivity index (χ4v) is 6.66. The standard InChI is InChI=1S/C43H30N4/c1-43(2)38-22-19-28(27-44)23-37(38)36-21-20-33(26-39(36)43)32-16-10-18-35(25-32)42-46-40(30-13-7-4-8-14-30)45-41(47-42)34-17-9-15-31(24-34)29-11-5-3-6-12-29/h3-26H,1-2H3. The zero-order chi connectivity index (χ0) is 32.0. The van der Waals surface area contributed by atoms with Crippen molar-refractivity contribution in [2.45, 2.75) is 19.3 Å². The molecule has 222 valence electrons. The first-order chi connectivity index (χ1) is 23.0. The Kier molecular flexibility index (Phi) is 6.82. The third-order valence-corrected chi connectivity index (χ3v) is 9.15. The smallest absolute Gasteiger partial charge is 0.164 e. The van der Waals surface area contributed by atoms with Gasteiger partial charge in [0.2, 0.25) is 0 Å². The Morgan fingerprint density at radius 3 is 1.55 bits per heavy atom. The number of hydrogen-bond acceptors (Lipinski definition) is 4. The molecule has 0 spiro atoms. The molecule has 0 saturated heterocycles. The van der Waals surface area contributed by atoms with Gasteiger partial charge in [-0.25, -0.2) is 15.0 Å². The molecule has 1 aromatic heterocycles. The topological polar surface area (TPSA) is 62.5 Å². The number of rotatable bonds is 5. The Labute approximate surface area is 274 Å². The molecule has 4 heteroatoms. The number of aromatic nitrogens is 3. The minimum absolute atomic E-state index is 0.172. The van der Waals surface area contributed by atoms with Gasteiger partial charge in [-0.1, -0.05) is 129 Å². The van der Waals surface area contributed by atoms with Crippen molar-refractivity contribution >= 4 is 0 Å². The summed E-state index contributed by atoms with van der Waals surface area (Å²) in [5.74, 6) is 1.89. The first kappa shape index (κ1) is 28.3. The molecule has 0 amide bonds. The molecule has 0 saturated carbocycles. The van der Waals surface area contributed by atoms with Gasteiger partial charge in [-0.3, -0.25) is 0 Å². The lowest BCUT2D eigenvalue weighted by molar-refractivity contribution is 0.660. The Hall–Kier alpha value is -6.18. The van der Waals surface area contributed by atoms with Gasteiger partial charge in [0.25, 0.3) is 0 Å². The molecule has 8 rings (SSSR count). The summed E-state index contributed by atoms with van der Waals surface area (Å²) in [6.07, 6.45) is 0. The molecule has 47 heavy (non-hydrogen) atoms. The van der Waals surface area contributed by atoms with Crippen LogP contribution in [0.3, 0.4) is 0 Å². The fourth-order valence-electron chi connectivity index (χ4n) is 6.66. The van der Waals surface area contributed by atoms with Gasteiger partial charge in [-0.05, 0) is 74.8 Å². The van der Waals surface area contributed by atoms with E-state index in [1.165, 1.54) is 16.7 Å². The fraction of sp³-hybridized carbons (Fsp3) is 0.0698. The van der Waals surface area contributed by atoms with Crippen LogP contribution in [0.25, 0.3) is 67.5 Å². The zero-order valence-corrected chi connectivity index (χ0v) is 26.1. The van der Waals surface area contributed by atoms with E-state index in [-0.39, 0.29) is 5.41 Å². The SMILES string of the molecule is CC1(C)c2ccc(C#N)cc2-c2ccc(-c3cccc(-c4nc(-c5ccccc5)nc(-c5cccc(-c6ccccc6)c5)n4)c3)cc21. The lowest BCUT2D eigenvalue weighted by atomic mass is 9.81. The van der Waals surface area contributed by atoms with Gasteiger partial charge in [0.1, 0.15) is 0 Å². The Bertz CT molecular complexity index is 2330. The molecule has 1 heterocycles. The van der Waals surface area contributed by atoms with Gasteiger partial charge >= 0.3 is 0 Å². The van der Waals surface area contributed by atoms with E-state index in [0.29, 0.717) is 23.0 Å². The molecule has 0 aliphatic heterocycles. The number of nitriles is 1. The average molecular weight is 603 g/mol. The van der Waals surface area contributed by atoms with Crippen LogP contribution in [0, 0.1) is 11.3 Å². The normalized spacial score (nSPS) is 12.6. The predicted molar refractivity (Wildman–Crippen MR) is 189 cm³/mol. The summed E-state index contributed by atoms with van der Waals surface area (Å²) in [4.78, 5) is 15.0. The van der Waals surface area contributed by atoms with E-state index >= 15 is 0 Å². The van der Waals surface area contributed by atoms with E-state index in [4.69, 9.17) is 15.0 Å². The van der Waals surface area contributed by atoms with E-state index in [9.17, 15) is 5.26 Å². The van der Waals surface area contributed by atoms with Crippen LogP contribution >= 0.6 is 0 Å². The van der Waals surface area contributed by atoms with E-state index in [0.717, 1.165) is 44.5 Å². The van der Waals surface area contributed by atoms with Crippen LogP contribution in [-0.2, 0) is 5.41 Å². The molecule has 7 aromatic rings. The van der Waals surface area contributed by atoms with Crippen LogP contribution in [0.4, 0.5) is 0 Å². The predicted octanol–water partition coefficient (Wildman–Crippen LogP) is 10.4. The van der Waals surface area contributed by atoms with Crippen LogP contribution in [-0.4, -0.2) is 15.0 Å². The van der Waals surface area contributed by atoms with Crippen LogP contribution < -0.4 is 0 Å². The largest absolute Gasteiger partial charge is 0.208 e. The van der Waals surface area contributed by atoms with E-state index < -0.39 is 0 Å².